The largest absolute Gasteiger partial charge is 0.336 e. The third kappa shape index (κ3) is 4.02. The fraction of sp³-hybridized carbons (Fsp3) is 0.400. The molecule has 1 aromatic carbocycles. The molecule has 3 aromatic rings. The van der Waals surface area contributed by atoms with Crippen LogP contribution in [0.5, 0.6) is 0 Å². The zero-order valence-corrected chi connectivity index (χ0v) is 18.1. The van der Waals surface area contributed by atoms with Gasteiger partial charge in [0.1, 0.15) is 4.90 Å². The molecule has 1 atom stereocenters. The molecule has 3 heterocycles. The van der Waals surface area contributed by atoms with Crippen LogP contribution in [0.25, 0.3) is 11.1 Å². The minimum Gasteiger partial charge on any atom is -0.336 e. The highest BCUT2D eigenvalue weighted by Gasteiger charge is 2.35. The molecular weight excluding hydrogens is 412 g/mol. The van der Waals surface area contributed by atoms with Crippen molar-refractivity contribution in [3.63, 3.8) is 0 Å². The van der Waals surface area contributed by atoms with Gasteiger partial charge in [0.15, 0.2) is 0 Å². The summed E-state index contributed by atoms with van der Waals surface area (Å²) in [5.41, 5.74) is 3.30. The molecule has 0 bridgehead atoms. The molecule has 0 radical (unpaired) electrons. The molecule has 29 heavy (non-hydrogen) atoms. The van der Waals surface area contributed by atoms with E-state index in [-0.39, 0.29) is 23.3 Å². The van der Waals surface area contributed by atoms with Crippen molar-refractivity contribution in [3.05, 3.63) is 53.3 Å². The van der Waals surface area contributed by atoms with Crippen LogP contribution < -0.4 is 5.32 Å². The zero-order chi connectivity index (χ0) is 19.7. The zero-order valence-electron chi connectivity index (χ0n) is 16.5. The summed E-state index contributed by atoms with van der Waals surface area (Å²) in [5.74, 6) is 0. The lowest BCUT2D eigenvalue weighted by molar-refractivity contribution is 0.271. The molecule has 1 N–H and O–H groups in total. The summed E-state index contributed by atoms with van der Waals surface area (Å²) in [5, 5.41) is 7.94. The van der Waals surface area contributed by atoms with Crippen molar-refractivity contribution in [2.45, 2.75) is 37.6 Å². The molecule has 156 valence electrons. The summed E-state index contributed by atoms with van der Waals surface area (Å²) in [4.78, 5) is 4.36. The van der Waals surface area contributed by atoms with Gasteiger partial charge in [-0.25, -0.2) is 13.4 Å². The normalized spacial score (nSPS) is 17.9. The van der Waals surface area contributed by atoms with Crippen molar-refractivity contribution >= 4 is 33.5 Å². The molecule has 0 aliphatic carbocycles. The van der Waals surface area contributed by atoms with Crippen LogP contribution in [-0.2, 0) is 22.9 Å². The molecule has 7 nitrogen and oxygen atoms in total. The maximum absolute atomic E-state index is 13.5. The van der Waals surface area contributed by atoms with Crippen molar-refractivity contribution in [1.29, 1.82) is 0 Å². The van der Waals surface area contributed by atoms with Gasteiger partial charge in [-0.05, 0) is 30.0 Å². The Labute approximate surface area is 176 Å². The maximum Gasteiger partial charge on any atom is 0.258 e. The fourth-order valence-electron chi connectivity index (χ4n) is 3.62. The number of fused-ring (bicyclic) bond motifs is 1. The monoisotopic (exact) mass is 436 g/mol. The summed E-state index contributed by atoms with van der Waals surface area (Å²) < 4.78 is 33.7. The Balaban J connectivity index is 0.00000240. The minimum absolute atomic E-state index is 0. The van der Waals surface area contributed by atoms with E-state index in [0.717, 1.165) is 12.0 Å². The number of nitrogens with zero attached hydrogens (tertiary/aromatic N) is 3. The molecule has 0 spiro atoms. The van der Waals surface area contributed by atoms with E-state index >= 15 is 0 Å². The Morgan fingerprint density at radius 1 is 1.21 bits per heavy atom. The number of nitrogens with one attached hydrogen (secondary N) is 1. The third-order valence-corrected chi connectivity index (χ3v) is 7.16. The molecule has 0 saturated carbocycles. The number of benzene rings is 1. The van der Waals surface area contributed by atoms with Crippen LogP contribution in [0.1, 0.15) is 36.7 Å². The second kappa shape index (κ2) is 8.79. The lowest BCUT2D eigenvalue weighted by Gasteiger charge is -2.35. The van der Waals surface area contributed by atoms with Crippen LogP contribution in [0.4, 0.5) is 0 Å². The molecule has 1 aliphatic rings. The summed E-state index contributed by atoms with van der Waals surface area (Å²) in [6.07, 6.45) is 2.97. The molecule has 0 amide bonds. The summed E-state index contributed by atoms with van der Waals surface area (Å²) >= 11 is 0. The summed E-state index contributed by atoms with van der Waals surface area (Å²) in [6.45, 7) is 5.65. The average Bonchev–Trinajstić information content (AvgIpc) is 3.16. The SMILES string of the molecule is CCc1ccc(C2CNCCN2S(=O)(=O)c2cnc3onc(CC)c3c2)cc1.Cl. The first-order valence-corrected chi connectivity index (χ1v) is 11.0. The van der Waals surface area contributed by atoms with E-state index < -0.39 is 10.0 Å². The number of hydrogen-bond donors (Lipinski definition) is 1. The van der Waals surface area contributed by atoms with E-state index in [1.165, 1.54) is 11.8 Å². The lowest BCUT2D eigenvalue weighted by Crippen LogP contribution is -2.48. The van der Waals surface area contributed by atoms with Crippen molar-refractivity contribution in [1.82, 2.24) is 19.8 Å². The second-order valence-corrected chi connectivity index (χ2v) is 8.83. The van der Waals surface area contributed by atoms with E-state index in [9.17, 15) is 8.42 Å². The van der Waals surface area contributed by atoms with Gasteiger partial charge in [-0.15, -0.1) is 12.4 Å². The summed E-state index contributed by atoms with van der Waals surface area (Å²) in [7, 11) is -3.71. The molecule has 1 fully saturated rings. The Kier molecular flexibility index (Phi) is 6.58. The lowest BCUT2D eigenvalue weighted by atomic mass is 10.0. The van der Waals surface area contributed by atoms with Gasteiger partial charge in [-0.3, -0.25) is 0 Å². The van der Waals surface area contributed by atoms with Gasteiger partial charge in [-0.2, -0.15) is 4.31 Å². The fourth-order valence-corrected chi connectivity index (χ4v) is 5.21. The molecular formula is C20H25ClN4O3S. The number of halogens is 1. The van der Waals surface area contributed by atoms with Crippen molar-refractivity contribution in [2.24, 2.45) is 0 Å². The molecule has 2 aromatic heterocycles. The van der Waals surface area contributed by atoms with E-state index in [1.54, 1.807) is 10.4 Å². The van der Waals surface area contributed by atoms with Gasteiger partial charge >= 0.3 is 0 Å². The highest BCUT2D eigenvalue weighted by atomic mass is 35.5. The number of pyridine rings is 1. The Morgan fingerprint density at radius 2 is 1.97 bits per heavy atom. The Bertz CT molecular complexity index is 1080. The van der Waals surface area contributed by atoms with Crippen molar-refractivity contribution in [2.75, 3.05) is 19.6 Å². The first-order valence-electron chi connectivity index (χ1n) is 9.60. The van der Waals surface area contributed by atoms with Crippen LogP contribution >= 0.6 is 12.4 Å². The highest BCUT2D eigenvalue weighted by molar-refractivity contribution is 7.89. The molecule has 4 rings (SSSR count). The average molecular weight is 437 g/mol. The first kappa shape index (κ1) is 21.7. The molecule has 1 unspecified atom stereocenters. The van der Waals surface area contributed by atoms with E-state index in [4.69, 9.17) is 4.52 Å². The van der Waals surface area contributed by atoms with E-state index in [2.05, 4.69) is 34.5 Å². The number of hydrogen-bond acceptors (Lipinski definition) is 6. The van der Waals surface area contributed by atoms with Crippen LogP contribution in [0.2, 0.25) is 0 Å². The van der Waals surface area contributed by atoms with Gasteiger partial charge in [0.2, 0.25) is 10.0 Å². The van der Waals surface area contributed by atoms with Crippen molar-refractivity contribution < 1.29 is 12.9 Å². The molecule has 9 heteroatoms. The standard InChI is InChI=1S/C20H24N4O3S.ClH/c1-3-14-5-7-15(8-6-14)19-13-21-9-10-24(19)28(25,26)16-11-17-18(4-2)23-27-20(17)22-12-16;/h5-8,11-12,19,21H,3-4,9-10,13H2,1-2H3;1H. The topological polar surface area (TPSA) is 88.3 Å². The smallest absolute Gasteiger partial charge is 0.258 e. The number of aryl methyl sites for hydroxylation is 2. The van der Waals surface area contributed by atoms with Gasteiger partial charge in [0.05, 0.1) is 23.3 Å². The Hall–Kier alpha value is -2.00. The van der Waals surface area contributed by atoms with Gasteiger partial charge in [0, 0.05) is 19.6 Å². The van der Waals surface area contributed by atoms with Crippen LogP contribution in [0.3, 0.4) is 0 Å². The second-order valence-electron chi connectivity index (χ2n) is 6.94. The number of aromatic nitrogens is 2. The maximum atomic E-state index is 13.5. The highest BCUT2D eigenvalue weighted by Crippen LogP contribution is 2.30. The van der Waals surface area contributed by atoms with Gasteiger partial charge in [-0.1, -0.05) is 43.3 Å². The quantitative estimate of drug-likeness (QED) is 0.661. The van der Waals surface area contributed by atoms with E-state index in [1.807, 2.05) is 19.1 Å². The van der Waals surface area contributed by atoms with Gasteiger partial charge < -0.3 is 9.84 Å². The van der Waals surface area contributed by atoms with E-state index in [0.29, 0.717) is 42.8 Å². The molecule has 1 aliphatic heterocycles. The Morgan fingerprint density at radius 3 is 2.66 bits per heavy atom. The predicted octanol–water partition coefficient (Wildman–Crippen LogP) is 3.10. The number of rotatable bonds is 5. The summed E-state index contributed by atoms with van der Waals surface area (Å²) in [6, 6.07) is 9.55. The predicted molar refractivity (Wildman–Crippen MR) is 114 cm³/mol. The molecule has 1 saturated heterocycles. The minimum atomic E-state index is -3.71. The number of sulfonamides is 1. The van der Waals surface area contributed by atoms with Crippen LogP contribution in [0.15, 0.2) is 45.9 Å². The van der Waals surface area contributed by atoms with Crippen molar-refractivity contribution in [3.8, 4) is 0 Å². The van der Waals surface area contributed by atoms with Crippen LogP contribution in [0, 0.1) is 0 Å². The number of piperazine rings is 1. The van der Waals surface area contributed by atoms with Crippen LogP contribution in [-0.4, -0.2) is 42.5 Å². The first-order chi connectivity index (χ1) is 13.5. The van der Waals surface area contributed by atoms with Gasteiger partial charge in [0.25, 0.3) is 5.71 Å². The third-order valence-electron chi connectivity index (χ3n) is 5.29.